The summed E-state index contributed by atoms with van der Waals surface area (Å²) in [5.41, 5.74) is 2.27. The minimum Gasteiger partial charge on any atom is -0.323 e. The SMILES string of the molecule is CC1CC(C)(C)CC2(C1)NC(=O)N(CC(=O)NOCc1ccccc1)C2=O. The van der Waals surface area contributed by atoms with Crippen molar-refractivity contribution in [3.05, 3.63) is 35.9 Å². The molecule has 1 saturated carbocycles. The van der Waals surface area contributed by atoms with Gasteiger partial charge >= 0.3 is 6.03 Å². The van der Waals surface area contributed by atoms with Crippen LogP contribution in [0.4, 0.5) is 4.79 Å². The maximum Gasteiger partial charge on any atom is 0.325 e. The van der Waals surface area contributed by atoms with Gasteiger partial charge in [-0.25, -0.2) is 10.3 Å². The van der Waals surface area contributed by atoms with E-state index in [0.717, 1.165) is 16.9 Å². The zero-order valence-corrected chi connectivity index (χ0v) is 16.1. The first kappa shape index (κ1) is 19.4. The molecule has 7 heteroatoms. The molecule has 2 unspecified atom stereocenters. The van der Waals surface area contributed by atoms with E-state index in [9.17, 15) is 14.4 Å². The summed E-state index contributed by atoms with van der Waals surface area (Å²) in [6, 6.07) is 8.88. The van der Waals surface area contributed by atoms with Crippen LogP contribution in [0.25, 0.3) is 0 Å². The second kappa shape index (κ2) is 7.31. The number of imide groups is 1. The molecule has 1 aliphatic carbocycles. The zero-order valence-electron chi connectivity index (χ0n) is 16.1. The lowest BCUT2D eigenvalue weighted by Gasteiger charge is -2.43. The molecule has 0 aromatic heterocycles. The molecule has 1 saturated heterocycles. The molecule has 0 bridgehead atoms. The fourth-order valence-electron chi connectivity index (χ4n) is 4.60. The summed E-state index contributed by atoms with van der Waals surface area (Å²) < 4.78 is 0. The van der Waals surface area contributed by atoms with Gasteiger partial charge in [0.15, 0.2) is 0 Å². The van der Waals surface area contributed by atoms with E-state index in [4.69, 9.17) is 4.84 Å². The van der Waals surface area contributed by atoms with E-state index in [1.54, 1.807) is 0 Å². The van der Waals surface area contributed by atoms with Gasteiger partial charge in [0.2, 0.25) is 0 Å². The van der Waals surface area contributed by atoms with Crippen molar-refractivity contribution in [1.82, 2.24) is 15.7 Å². The van der Waals surface area contributed by atoms with Crippen molar-refractivity contribution in [3.8, 4) is 0 Å². The predicted octanol–water partition coefficient (Wildman–Crippen LogP) is 2.37. The number of amides is 4. The average molecular weight is 373 g/mol. The fraction of sp³-hybridized carbons (Fsp3) is 0.550. The predicted molar refractivity (Wildman–Crippen MR) is 99.1 cm³/mol. The summed E-state index contributed by atoms with van der Waals surface area (Å²) in [5, 5.41) is 2.86. The summed E-state index contributed by atoms with van der Waals surface area (Å²) in [4.78, 5) is 43.7. The number of carbonyl (C=O) groups is 3. The summed E-state index contributed by atoms with van der Waals surface area (Å²) in [7, 11) is 0. The van der Waals surface area contributed by atoms with Crippen LogP contribution in [0.15, 0.2) is 30.3 Å². The summed E-state index contributed by atoms with van der Waals surface area (Å²) >= 11 is 0. The molecule has 1 aromatic rings. The Bertz CT molecular complexity index is 734. The van der Waals surface area contributed by atoms with Crippen LogP contribution in [0, 0.1) is 11.3 Å². The number of urea groups is 1. The third-order valence-electron chi connectivity index (χ3n) is 5.19. The van der Waals surface area contributed by atoms with Gasteiger partial charge in [-0.3, -0.25) is 19.3 Å². The summed E-state index contributed by atoms with van der Waals surface area (Å²) in [5.74, 6) is -0.527. The van der Waals surface area contributed by atoms with Crippen LogP contribution in [0.2, 0.25) is 0 Å². The fourth-order valence-corrected chi connectivity index (χ4v) is 4.60. The molecule has 3 rings (SSSR count). The van der Waals surface area contributed by atoms with Crippen molar-refractivity contribution < 1.29 is 19.2 Å². The highest BCUT2D eigenvalue weighted by Crippen LogP contribution is 2.46. The smallest absolute Gasteiger partial charge is 0.323 e. The molecule has 2 N–H and O–H groups in total. The van der Waals surface area contributed by atoms with E-state index in [1.165, 1.54) is 0 Å². The first-order chi connectivity index (χ1) is 12.7. The standard InChI is InChI=1S/C20H27N3O4/c1-14-9-19(2,3)13-20(10-14)17(25)23(18(26)21-20)11-16(24)22-27-12-15-7-5-4-6-8-15/h4-8,14H,9-13H2,1-3H3,(H,21,26)(H,22,24). The highest BCUT2D eigenvalue weighted by atomic mass is 16.6. The largest absolute Gasteiger partial charge is 0.325 e. The topological polar surface area (TPSA) is 87.7 Å². The van der Waals surface area contributed by atoms with E-state index < -0.39 is 17.5 Å². The maximum atomic E-state index is 13.0. The van der Waals surface area contributed by atoms with Crippen LogP contribution < -0.4 is 10.8 Å². The van der Waals surface area contributed by atoms with Crippen molar-refractivity contribution in [2.75, 3.05) is 6.54 Å². The van der Waals surface area contributed by atoms with Gasteiger partial charge in [0.25, 0.3) is 11.8 Å². The highest BCUT2D eigenvalue weighted by Gasteiger charge is 2.56. The van der Waals surface area contributed by atoms with Crippen molar-refractivity contribution >= 4 is 17.8 Å². The van der Waals surface area contributed by atoms with Crippen molar-refractivity contribution in [3.63, 3.8) is 0 Å². The molecule has 2 atom stereocenters. The first-order valence-electron chi connectivity index (χ1n) is 9.29. The number of nitrogens with one attached hydrogen (secondary N) is 2. The van der Waals surface area contributed by atoms with Gasteiger partial charge < -0.3 is 5.32 Å². The van der Waals surface area contributed by atoms with Gasteiger partial charge in [-0.1, -0.05) is 51.1 Å². The Morgan fingerprint density at radius 3 is 2.63 bits per heavy atom. The van der Waals surface area contributed by atoms with E-state index in [2.05, 4.69) is 31.6 Å². The van der Waals surface area contributed by atoms with Crippen LogP contribution >= 0.6 is 0 Å². The minimum atomic E-state index is -0.899. The van der Waals surface area contributed by atoms with Crippen LogP contribution in [0.1, 0.15) is 45.6 Å². The molecule has 7 nitrogen and oxygen atoms in total. The zero-order chi connectivity index (χ0) is 19.7. The monoisotopic (exact) mass is 373 g/mol. The molecule has 1 aromatic carbocycles. The van der Waals surface area contributed by atoms with Crippen molar-refractivity contribution in [2.24, 2.45) is 11.3 Å². The van der Waals surface area contributed by atoms with Gasteiger partial charge in [0.05, 0.1) is 6.61 Å². The number of carbonyl (C=O) groups excluding carboxylic acids is 3. The lowest BCUT2D eigenvalue weighted by Crippen LogP contribution is -2.54. The molecule has 0 radical (unpaired) electrons. The Labute approximate surface area is 159 Å². The second-order valence-corrected chi connectivity index (χ2v) is 8.56. The number of hydroxylamine groups is 1. The van der Waals surface area contributed by atoms with Crippen molar-refractivity contribution in [1.29, 1.82) is 0 Å². The first-order valence-corrected chi connectivity index (χ1v) is 9.29. The number of hydrogen-bond acceptors (Lipinski definition) is 4. The Hall–Kier alpha value is -2.41. The lowest BCUT2D eigenvalue weighted by molar-refractivity contribution is -0.142. The molecule has 1 spiro atoms. The molecule has 2 aliphatic rings. The van der Waals surface area contributed by atoms with Gasteiger partial charge in [-0.05, 0) is 36.2 Å². The highest BCUT2D eigenvalue weighted by molar-refractivity contribution is 6.09. The minimum absolute atomic E-state index is 0.0440. The summed E-state index contributed by atoms with van der Waals surface area (Å²) in [6.45, 7) is 6.17. The van der Waals surface area contributed by atoms with Gasteiger partial charge in [0, 0.05) is 0 Å². The summed E-state index contributed by atoms with van der Waals surface area (Å²) in [6.07, 6.45) is 2.19. The van der Waals surface area contributed by atoms with Crippen LogP contribution in [-0.2, 0) is 21.0 Å². The average Bonchev–Trinajstić information content (AvgIpc) is 2.77. The molecule has 146 valence electrons. The number of rotatable bonds is 5. The molecular weight excluding hydrogens is 346 g/mol. The van der Waals surface area contributed by atoms with E-state index >= 15 is 0 Å². The third-order valence-corrected chi connectivity index (χ3v) is 5.19. The molecule has 1 aliphatic heterocycles. The normalized spacial score (nSPS) is 26.9. The van der Waals surface area contributed by atoms with Crippen LogP contribution in [0.5, 0.6) is 0 Å². The quantitative estimate of drug-likeness (QED) is 0.613. The number of benzene rings is 1. The Kier molecular flexibility index (Phi) is 5.24. The Morgan fingerprint density at radius 1 is 1.26 bits per heavy atom. The van der Waals surface area contributed by atoms with E-state index in [1.807, 2.05) is 30.3 Å². The van der Waals surface area contributed by atoms with Gasteiger partial charge in [-0.2, -0.15) is 0 Å². The second-order valence-electron chi connectivity index (χ2n) is 8.56. The Morgan fingerprint density at radius 2 is 1.96 bits per heavy atom. The van der Waals surface area contributed by atoms with Crippen molar-refractivity contribution in [2.45, 2.75) is 52.2 Å². The molecule has 1 heterocycles. The molecular formula is C20H27N3O4. The van der Waals surface area contributed by atoms with E-state index in [-0.39, 0.29) is 24.5 Å². The molecule has 4 amide bonds. The maximum absolute atomic E-state index is 13.0. The van der Waals surface area contributed by atoms with Crippen LogP contribution in [-0.4, -0.2) is 34.8 Å². The number of nitrogens with zero attached hydrogens (tertiary/aromatic N) is 1. The van der Waals surface area contributed by atoms with Gasteiger partial charge in [-0.15, -0.1) is 0 Å². The van der Waals surface area contributed by atoms with Gasteiger partial charge in [0.1, 0.15) is 12.1 Å². The number of hydrogen-bond donors (Lipinski definition) is 2. The lowest BCUT2D eigenvalue weighted by atomic mass is 9.64. The Balaban J connectivity index is 1.58. The van der Waals surface area contributed by atoms with E-state index in [0.29, 0.717) is 18.8 Å². The molecule has 27 heavy (non-hydrogen) atoms. The van der Waals surface area contributed by atoms with Crippen LogP contribution in [0.3, 0.4) is 0 Å². The third kappa shape index (κ3) is 4.30. The molecule has 2 fully saturated rings.